The van der Waals surface area contributed by atoms with Crippen molar-refractivity contribution in [2.75, 3.05) is 4.90 Å². The van der Waals surface area contributed by atoms with E-state index in [2.05, 4.69) is 21.2 Å². The van der Waals surface area contributed by atoms with Gasteiger partial charge < -0.3 is 4.74 Å². The van der Waals surface area contributed by atoms with Gasteiger partial charge in [0.15, 0.2) is 0 Å². The molecular formula is C24H15BrN4O8. The summed E-state index contributed by atoms with van der Waals surface area (Å²) < 4.78 is 6.46. The van der Waals surface area contributed by atoms with Crippen LogP contribution in [0.1, 0.15) is 11.1 Å². The minimum Gasteiger partial charge on any atom is -0.488 e. The van der Waals surface area contributed by atoms with Crippen LogP contribution in [-0.2, 0) is 16.2 Å². The predicted molar refractivity (Wildman–Crippen MR) is 134 cm³/mol. The molecule has 1 fully saturated rings. The van der Waals surface area contributed by atoms with E-state index in [0.29, 0.717) is 26.2 Å². The highest BCUT2D eigenvalue weighted by molar-refractivity contribution is 9.10. The van der Waals surface area contributed by atoms with Gasteiger partial charge in [0.05, 0.1) is 15.5 Å². The molecule has 37 heavy (non-hydrogen) atoms. The van der Waals surface area contributed by atoms with E-state index in [9.17, 15) is 34.6 Å². The van der Waals surface area contributed by atoms with Crippen LogP contribution in [0, 0.1) is 20.2 Å². The molecule has 3 aromatic carbocycles. The largest absolute Gasteiger partial charge is 0.488 e. The summed E-state index contributed by atoms with van der Waals surface area (Å²) in [6, 6.07) is 14.4. The lowest BCUT2D eigenvalue weighted by Gasteiger charge is -2.26. The number of non-ortho nitro benzene ring substituents is 2. The molecule has 3 aromatic rings. The SMILES string of the molecule is O=C1NC(=O)N(c2ccc([N+](=O)[O-])cc2)C(=O)/C1=C/c1cc(Br)ccc1OCc1ccc([N+](=O)[O-])cc1. The number of rotatable bonds is 7. The Morgan fingerprint density at radius 3 is 2.08 bits per heavy atom. The van der Waals surface area contributed by atoms with Gasteiger partial charge in [-0.25, -0.2) is 9.69 Å². The second-order valence-corrected chi connectivity index (χ2v) is 8.54. The molecule has 0 unspecified atom stereocenters. The minimum atomic E-state index is -0.995. The number of nitro benzene ring substituents is 2. The second kappa shape index (κ2) is 10.4. The zero-order valence-corrected chi connectivity index (χ0v) is 20.2. The van der Waals surface area contributed by atoms with E-state index in [1.807, 2.05) is 0 Å². The van der Waals surface area contributed by atoms with Crippen LogP contribution in [0.2, 0.25) is 0 Å². The number of benzene rings is 3. The third kappa shape index (κ3) is 5.51. The zero-order chi connectivity index (χ0) is 26.7. The lowest BCUT2D eigenvalue weighted by atomic mass is 10.1. The van der Waals surface area contributed by atoms with Crippen LogP contribution in [0.4, 0.5) is 21.9 Å². The third-order valence-electron chi connectivity index (χ3n) is 5.23. The van der Waals surface area contributed by atoms with Crippen LogP contribution in [0.5, 0.6) is 5.75 Å². The van der Waals surface area contributed by atoms with Crippen molar-refractivity contribution in [2.24, 2.45) is 0 Å². The maximum Gasteiger partial charge on any atom is 0.335 e. The number of imide groups is 2. The lowest BCUT2D eigenvalue weighted by molar-refractivity contribution is -0.385. The Hall–Kier alpha value is -4.91. The molecule has 4 rings (SSSR count). The number of hydrogen-bond acceptors (Lipinski definition) is 8. The van der Waals surface area contributed by atoms with Crippen molar-refractivity contribution in [3.8, 4) is 5.75 Å². The Bertz CT molecular complexity index is 1470. The van der Waals surface area contributed by atoms with E-state index in [1.165, 1.54) is 30.3 Å². The van der Waals surface area contributed by atoms with Crippen LogP contribution in [0.25, 0.3) is 6.08 Å². The first-order valence-electron chi connectivity index (χ1n) is 10.5. The van der Waals surface area contributed by atoms with E-state index in [1.54, 1.807) is 30.3 Å². The highest BCUT2D eigenvalue weighted by Crippen LogP contribution is 2.29. The number of ether oxygens (including phenoxy) is 1. The summed E-state index contributed by atoms with van der Waals surface area (Å²) >= 11 is 3.33. The molecule has 0 aliphatic carbocycles. The van der Waals surface area contributed by atoms with Gasteiger partial charge in [0, 0.05) is 34.3 Å². The first-order valence-corrected chi connectivity index (χ1v) is 11.2. The molecule has 0 aromatic heterocycles. The number of carbonyl (C=O) groups excluding carboxylic acids is 3. The number of halogens is 1. The van der Waals surface area contributed by atoms with E-state index >= 15 is 0 Å². The number of carbonyl (C=O) groups is 3. The molecule has 13 heteroatoms. The van der Waals surface area contributed by atoms with Crippen LogP contribution in [0.15, 0.2) is 76.8 Å². The lowest BCUT2D eigenvalue weighted by Crippen LogP contribution is -2.54. The first kappa shape index (κ1) is 25.2. The molecule has 4 amide bonds. The fraction of sp³-hybridized carbons (Fsp3) is 0.0417. The number of nitro groups is 2. The van der Waals surface area contributed by atoms with Crippen molar-refractivity contribution in [3.63, 3.8) is 0 Å². The molecule has 0 spiro atoms. The maximum absolute atomic E-state index is 13.2. The van der Waals surface area contributed by atoms with Gasteiger partial charge in [-0.15, -0.1) is 0 Å². The number of barbiturate groups is 1. The topological polar surface area (TPSA) is 162 Å². The molecule has 1 N–H and O–H groups in total. The monoisotopic (exact) mass is 566 g/mol. The van der Waals surface area contributed by atoms with Crippen molar-refractivity contribution in [1.82, 2.24) is 5.32 Å². The predicted octanol–water partition coefficient (Wildman–Crippen LogP) is 4.51. The van der Waals surface area contributed by atoms with Crippen LogP contribution in [0.3, 0.4) is 0 Å². The smallest absolute Gasteiger partial charge is 0.335 e. The summed E-state index contributed by atoms with van der Waals surface area (Å²) in [5, 5.41) is 23.8. The second-order valence-electron chi connectivity index (χ2n) is 7.63. The Morgan fingerprint density at radius 1 is 0.892 bits per heavy atom. The first-order chi connectivity index (χ1) is 17.6. The van der Waals surface area contributed by atoms with Crippen molar-refractivity contribution in [3.05, 3.63) is 108 Å². The average Bonchev–Trinajstić information content (AvgIpc) is 2.86. The fourth-order valence-corrected chi connectivity index (χ4v) is 3.79. The Balaban J connectivity index is 1.63. The fourth-order valence-electron chi connectivity index (χ4n) is 3.41. The molecule has 1 saturated heterocycles. The van der Waals surface area contributed by atoms with Crippen LogP contribution < -0.4 is 15.0 Å². The third-order valence-corrected chi connectivity index (χ3v) is 5.73. The summed E-state index contributed by atoms with van der Waals surface area (Å²) in [6.45, 7) is 0.0450. The van der Waals surface area contributed by atoms with Gasteiger partial charge in [0.2, 0.25) is 0 Å². The number of hydrogen-bond donors (Lipinski definition) is 1. The van der Waals surface area contributed by atoms with Crippen LogP contribution in [-0.4, -0.2) is 27.7 Å². The van der Waals surface area contributed by atoms with E-state index < -0.39 is 27.7 Å². The van der Waals surface area contributed by atoms with E-state index in [0.717, 1.165) is 12.1 Å². The number of nitrogens with one attached hydrogen (secondary N) is 1. The molecule has 1 heterocycles. The van der Waals surface area contributed by atoms with Crippen molar-refractivity contribution in [2.45, 2.75) is 6.61 Å². The van der Waals surface area contributed by atoms with Crippen LogP contribution >= 0.6 is 15.9 Å². The van der Waals surface area contributed by atoms with E-state index in [-0.39, 0.29) is 29.2 Å². The molecule has 1 aliphatic heterocycles. The van der Waals surface area contributed by atoms with E-state index in [4.69, 9.17) is 4.74 Å². The van der Waals surface area contributed by atoms with Gasteiger partial charge in [-0.05, 0) is 54.1 Å². The quantitative estimate of drug-likeness (QED) is 0.189. The summed E-state index contributed by atoms with van der Waals surface area (Å²) in [6.07, 6.45) is 1.26. The molecule has 0 radical (unpaired) electrons. The molecule has 0 bridgehead atoms. The van der Waals surface area contributed by atoms with Gasteiger partial charge >= 0.3 is 6.03 Å². The summed E-state index contributed by atoms with van der Waals surface area (Å²) in [5.41, 5.74) is 0.365. The standard InChI is InChI=1S/C24H15BrN4O8/c25-16-3-10-21(37-13-14-1-4-18(5-2-14)28(33)34)15(11-16)12-20-22(30)26-24(32)27(23(20)31)17-6-8-19(9-7-17)29(35)36/h1-12H,13H2,(H,26,30,32)/b20-12+. The van der Waals surface area contributed by atoms with Gasteiger partial charge in [0.25, 0.3) is 23.2 Å². The van der Waals surface area contributed by atoms with Crippen molar-refractivity contribution in [1.29, 1.82) is 0 Å². The highest BCUT2D eigenvalue weighted by Gasteiger charge is 2.37. The molecule has 0 atom stereocenters. The average molecular weight is 567 g/mol. The highest BCUT2D eigenvalue weighted by atomic mass is 79.9. The Morgan fingerprint density at radius 2 is 1.49 bits per heavy atom. The number of urea groups is 1. The van der Waals surface area contributed by atoms with Gasteiger partial charge in [-0.1, -0.05) is 15.9 Å². The van der Waals surface area contributed by atoms with Gasteiger partial charge in [0.1, 0.15) is 17.9 Å². The van der Waals surface area contributed by atoms with Crippen molar-refractivity contribution < 1.29 is 29.0 Å². The molecule has 186 valence electrons. The molecule has 0 saturated carbocycles. The van der Waals surface area contributed by atoms with Crippen molar-refractivity contribution >= 4 is 56.9 Å². The summed E-state index contributed by atoms with van der Waals surface area (Å²) in [4.78, 5) is 59.5. The molecule has 1 aliphatic rings. The number of nitrogens with zero attached hydrogens (tertiary/aromatic N) is 3. The minimum absolute atomic E-state index is 0.0374. The molecular weight excluding hydrogens is 552 g/mol. The summed E-state index contributed by atoms with van der Waals surface area (Å²) in [7, 11) is 0. The normalized spacial score (nSPS) is 14.5. The zero-order valence-electron chi connectivity index (χ0n) is 18.6. The number of anilines is 1. The van der Waals surface area contributed by atoms with Gasteiger partial charge in [-0.3, -0.25) is 35.1 Å². The maximum atomic E-state index is 13.2. The van der Waals surface area contributed by atoms with Gasteiger partial charge in [-0.2, -0.15) is 0 Å². The number of amides is 4. The Labute approximate surface area is 216 Å². The molecule has 12 nitrogen and oxygen atoms in total. The summed E-state index contributed by atoms with van der Waals surface area (Å²) in [5.74, 6) is -1.55. The Kier molecular flexibility index (Phi) is 7.06.